The fourth-order valence-electron chi connectivity index (χ4n) is 3.39. The molecule has 0 atom stereocenters. The van der Waals surface area contributed by atoms with Crippen molar-refractivity contribution in [3.63, 3.8) is 0 Å². The van der Waals surface area contributed by atoms with Gasteiger partial charge in [0.05, 0.1) is 12.7 Å². The van der Waals surface area contributed by atoms with Crippen molar-refractivity contribution in [3.8, 4) is 0 Å². The van der Waals surface area contributed by atoms with Gasteiger partial charge in [0.15, 0.2) is 0 Å². The first-order valence-electron chi connectivity index (χ1n) is 9.62. The van der Waals surface area contributed by atoms with E-state index in [2.05, 4.69) is 38.2 Å². The van der Waals surface area contributed by atoms with Crippen LogP contribution in [-0.4, -0.2) is 19.0 Å². The highest BCUT2D eigenvalue weighted by molar-refractivity contribution is 7.17. The molecule has 0 saturated heterocycles. The number of ether oxygens (including phenoxy) is 1. The number of amides is 1. The summed E-state index contributed by atoms with van der Waals surface area (Å²) in [6, 6.07) is 8.18. The van der Waals surface area contributed by atoms with E-state index in [4.69, 9.17) is 4.74 Å². The molecule has 1 aliphatic carbocycles. The summed E-state index contributed by atoms with van der Waals surface area (Å²) in [7, 11) is 1.38. The molecule has 4 nitrogen and oxygen atoms in total. The van der Waals surface area contributed by atoms with E-state index in [0.717, 1.165) is 36.8 Å². The Morgan fingerprint density at radius 3 is 2.43 bits per heavy atom. The highest BCUT2D eigenvalue weighted by Gasteiger charge is 2.26. The van der Waals surface area contributed by atoms with Gasteiger partial charge in [-0.2, -0.15) is 0 Å². The number of esters is 1. The number of thiophene rings is 1. The van der Waals surface area contributed by atoms with E-state index in [1.54, 1.807) is 6.08 Å². The first kappa shape index (κ1) is 20.3. The van der Waals surface area contributed by atoms with Crippen molar-refractivity contribution in [1.82, 2.24) is 0 Å². The normalized spacial score (nSPS) is 14.0. The predicted octanol–water partition coefficient (Wildman–Crippen LogP) is 5.36. The second-order valence-electron chi connectivity index (χ2n) is 8.10. The van der Waals surface area contributed by atoms with Gasteiger partial charge in [-0.05, 0) is 53.9 Å². The Kier molecular flexibility index (Phi) is 6.04. The van der Waals surface area contributed by atoms with Crippen molar-refractivity contribution < 1.29 is 14.3 Å². The predicted molar refractivity (Wildman–Crippen MR) is 115 cm³/mol. The molecule has 5 heteroatoms. The van der Waals surface area contributed by atoms with Gasteiger partial charge in [0.2, 0.25) is 5.91 Å². The monoisotopic (exact) mass is 397 g/mol. The standard InChI is InChI=1S/C23H27NO3S/c1-23(2,3)16-12-9-15(10-13-16)11-14-19(25)24-21-20(22(26)27-4)17-7-5-6-8-18(17)28-21/h9-14H,5-8H2,1-4H3,(H,24,25). The van der Waals surface area contributed by atoms with Crippen molar-refractivity contribution in [2.75, 3.05) is 12.4 Å². The van der Waals surface area contributed by atoms with Crippen molar-refractivity contribution in [2.45, 2.75) is 51.9 Å². The molecule has 28 heavy (non-hydrogen) atoms. The molecule has 0 bridgehead atoms. The summed E-state index contributed by atoms with van der Waals surface area (Å²) in [5.41, 5.74) is 3.88. The quantitative estimate of drug-likeness (QED) is 0.558. The molecule has 1 amide bonds. The third-order valence-electron chi connectivity index (χ3n) is 5.00. The third kappa shape index (κ3) is 4.53. The summed E-state index contributed by atoms with van der Waals surface area (Å²) in [6.07, 6.45) is 7.29. The average molecular weight is 398 g/mol. The molecule has 0 radical (unpaired) electrons. The minimum Gasteiger partial charge on any atom is -0.465 e. The minimum absolute atomic E-state index is 0.0994. The SMILES string of the molecule is COC(=O)c1c(NC(=O)C=Cc2ccc(C(C)(C)C)cc2)sc2c1CCCC2. The van der Waals surface area contributed by atoms with Gasteiger partial charge in [0.25, 0.3) is 0 Å². The lowest BCUT2D eigenvalue weighted by atomic mass is 9.87. The number of methoxy groups -OCH3 is 1. The van der Waals surface area contributed by atoms with E-state index in [0.29, 0.717) is 10.6 Å². The van der Waals surface area contributed by atoms with Crippen LogP contribution in [-0.2, 0) is 27.8 Å². The lowest BCUT2D eigenvalue weighted by molar-refractivity contribution is -0.111. The van der Waals surface area contributed by atoms with Crippen LogP contribution in [0.5, 0.6) is 0 Å². The van der Waals surface area contributed by atoms with Gasteiger partial charge in [0, 0.05) is 11.0 Å². The Labute approximate surface area is 170 Å². The average Bonchev–Trinajstić information content (AvgIpc) is 3.03. The molecule has 2 aromatic rings. The summed E-state index contributed by atoms with van der Waals surface area (Å²) in [6.45, 7) is 6.51. The third-order valence-corrected chi connectivity index (χ3v) is 6.21. The molecule has 1 N–H and O–H groups in total. The van der Waals surface area contributed by atoms with Gasteiger partial charge in [-0.1, -0.05) is 45.0 Å². The number of fused-ring (bicyclic) bond motifs is 1. The molecule has 0 spiro atoms. The van der Waals surface area contributed by atoms with E-state index >= 15 is 0 Å². The maximum absolute atomic E-state index is 12.4. The van der Waals surface area contributed by atoms with Crippen LogP contribution >= 0.6 is 11.3 Å². The number of carbonyl (C=O) groups is 2. The van der Waals surface area contributed by atoms with Gasteiger partial charge >= 0.3 is 5.97 Å². The Morgan fingerprint density at radius 1 is 1.11 bits per heavy atom. The second kappa shape index (κ2) is 8.31. The maximum Gasteiger partial charge on any atom is 0.341 e. The van der Waals surface area contributed by atoms with Crippen LogP contribution < -0.4 is 5.32 Å². The first-order chi connectivity index (χ1) is 13.3. The molecule has 1 aromatic heterocycles. The molecular weight excluding hydrogens is 370 g/mol. The van der Waals surface area contributed by atoms with Gasteiger partial charge in [-0.3, -0.25) is 4.79 Å². The highest BCUT2D eigenvalue weighted by atomic mass is 32.1. The highest BCUT2D eigenvalue weighted by Crippen LogP contribution is 2.38. The van der Waals surface area contributed by atoms with E-state index in [1.165, 1.54) is 35.0 Å². The fourth-order valence-corrected chi connectivity index (χ4v) is 4.67. The Morgan fingerprint density at radius 2 is 1.79 bits per heavy atom. The second-order valence-corrected chi connectivity index (χ2v) is 9.21. The van der Waals surface area contributed by atoms with Crippen LogP contribution in [0.25, 0.3) is 6.08 Å². The topological polar surface area (TPSA) is 55.4 Å². The number of hydrogen-bond acceptors (Lipinski definition) is 4. The Balaban J connectivity index is 1.75. The van der Waals surface area contributed by atoms with Gasteiger partial charge in [-0.15, -0.1) is 11.3 Å². The van der Waals surface area contributed by atoms with E-state index in [9.17, 15) is 9.59 Å². The smallest absolute Gasteiger partial charge is 0.341 e. The summed E-state index contributed by atoms with van der Waals surface area (Å²) >= 11 is 1.49. The lowest BCUT2D eigenvalue weighted by Gasteiger charge is -2.18. The molecule has 0 saturated carbocycles. The fraction of sp³-hybridized carbons (Fsp3) is 0.391. The number of anilines is 1. The summed E-state index contributed by atoms with van der Waals surface area (Å²) in [5.74, 6) is -0.625. The number of nitrogens with one attached hydrogen (secondary N) is 1. The lowest BCUT2D eigenvalue weighted by Crippen LogP contribution is -2.13. The number of hydrogen-bond donors (Lipinski definition) is 1. The minimum atomic E-state index is -0.378. The molecule has 0 fully saturated rings. The molecular formula is C23H27NO3S. The maximum atomic E-state index is 12.4. The van der Waals surface area contributed by atoms with E-state index in [1.807, 2.05) is 12.1 Å². The summed E-state index contributed by atoms with van der Waals surface area (Å²) in [4.78, 5) is 25.9. The van der Waals surface area contributed by atoms with Crippen LogP contribution in [0.4, 0.5) is 5.00 Å². The van der Waals surface area contributed by atoms with Crippen molar-refractivity contribution in [3.05, 3.63) is 57.5 Å². The molecule has 0 aliphatic heterocycles. The van der Waals surface area contributed by atoms with E-state index in [-0.39, 0.29) is 17.3 Å². The van der Waals surface area contributed by atoms with Crippen LogP contribution in [0.3, 0.4) is 0 Å². The molecule has 0 unspecified atom stereocenters. The molecule has 1 heterocycles. The van der Waals surface area contributed by atoms with Gasteiger partial charge in [-0.25, -0.2) is 4.79 Å². The zero-order valence-corrected chi connectivity index (χ0v) is 17.7. The summed E-state index contributed by atoms with van der Waals surface area (Å²) < 4.78 is 4.95. The number of aryl methyl sites for hydroxylation is 1. The number of rotatable bonds is 4. The van der Waals surface area contributed by atoms with Crippen molar-refractivity contribution in [1.29, 1.82) is 0 Å². The zero-order chi connectivity index (χ0) is 20.3. The van der Waals surface area contributed by atoms with Crippen molar-refractivity contribution >= 4 is 34.3 Å². The first-order valence-corrected chi connectivity index (χ1v) is 10.4. The van der Waals surface area contributed by atoms with Crippen LogP contribution in [0.15, 0.2) is 30.3 Å². The molecule has 148 valence electrons. The molecule has 1 aliphatic rings. The van der Waals surface area contributed by atoms with Gasteiger partial charge < -0.3 is 10.1 Å². The van der Waals surface area contributed by atoms with Gasteiger partial charge in [0.1, 0.15) is 5.00 Å². The summed E-state index contributed by atoms with van der Waals surface area (Å²) in [5, 5.41) is 3.47. The molecule has 3 rings (SSSR count). The number of carbonyl (C=O) groups excluding carboxylic acids is 2. The number of benzene rings is 1. The zero-order valence-electron chi connectivity index (χ0n) is 16.9. The molecule has 1 aromatic carbocycles. The van der Waals surface area contributed by atoms with E-state index < -0.39 is 0 Å². The van der Waals surface area contributed by atoms with Crippen LogP contribution in [0.2, 0.25) is 0 Å². The Bertz CT molecular complexity index is 901. The largest absolute Gasteiger partial charge is 0.465 e. The van der Waals surface area contributed by atoms with Crippen LogP contribution in [0, 0.1) is 0 Å². The van der Waals surface area contributed by atoms with Crippen molar-refractivity contribution in [2.24, 2.45) is 0 Å². The van der Waals surface area contributed by atoms with Crippen LogP contribution in [0.1, 0.15) is 65.5 Å². The Hall–Kier alpha value is -2.40.